The van der Waals surface area contributed by atoms with Gasteiger partial charge in [-0.3, -0.25) is 0 Å². The van der Waals surface area contributed by atoms with Gasteiger partial charge in [0.1, 0.15) is 5.75 Å². The Kier molecular flexibility index (Phi) is 4.98. The summed E-state index contributed by atoms with van der Waals surface area (Å²) in [5.41, 5.74) is 3.43. The number of pyridine rings is 1. The summed E-state index contributed by atoms with van der Waals surface area (Å²) in [7, 11) is 0. The number of benzene rings is 3. The maximum atomic E-state index is 10.0. The predicted octanol–water partition coefficient (Wildman–Crippen LogP) is 5.65. The van der Waals surface area contributed by atoms with E-state index in [4.69, 9.17) is 5.11 Å². The van der Waals surface area contributed by atoms with Crippen molar-refractivity contribution in [2.24, 2.45) is 5.92 Å². The molecule has 1 aliphatic rings. The molecule has 1 heterocycles. The summed E-state index contributed by atoms with van der Waals surface area (Å²) in [5.74, 6) is 1.36. The molecule has 2 atom stereocenters. The van der Waals surface area contributed by atoms with E-state index >= 15 is 0 Å². The first-order valence-corrected chi connectivity index (χ1v) is 9.96. The van der Waals surface area contributed by atoms with Crippen molar-refractivity contribution in [3.8, 4) is 22.6 Å². The van der Waals surface area contributed by atoms with Crippen LogP contribution in [0.5, 0.6) is 11.5 Å². The van der Waals surface area contributed by atoms with Gasteiger partial charge in [-0.25, -0.2) is 0 Å². The number of phenols is 2. The molecular weight excluding hydrogens is 358 g/mol. The molecule has 2 N–H and O–H groups in total. The molecule has 1 aliphatic carbocycles. The van der Waals surface area contributed by atoms with Crippen LogP contribution in [0, 0.1) is 5.92 Å². The Labute approximate surface area is 171 Å². The maximum absolute atomic E-state index is 10.0. The molecule has 5 rings (SSSR count). The minimum absolute atomic E-state index is 0.179. The summed E-state index contributed by atoms with van der Waals surface area (Å²) >= 11 is 0. The van der Waals surface area contributed by atoms with Gasteiger partial charge in [0.05, 0.1) is 5.39 Å². The van der Waals surface area contributed by atoms with E-state index in [1.807, 2.05) is 60.7 Å². The Morgan fingerprint density at radius 3 is 2.07 bits per heavy atom. The molecule has 0 saturated heterocycles. The molecule has 146 valence electrons. The Morgan fingerprint density at radius 1 is 0.793 bits per heavy atom. The second-order valence-electron chi connectivity index (χ2n) is 7.97. The van der Waals surface area contributed by atoms with Crippen molar-refractivity contribution in [2.75, 3.05) is 0 Å². The van der Waals surface area contributed by atoms with E-state index < -0.39 is 0 Å². The summed E-state index contributed by atoms with van der Waals surface area (Å²) in [5, 5.41) is 20.2. The highest BCUT2D eigenvalue weighted by atomic mass is 16.3. The van der Waals surface area contributed by atoms with Crippen molar-refractivity contribution in [3.05, 3.63) is 91.1 Å². The molecule has 3 heteroatoms. The summed E-state index contributed by atoms with van der Waals surface area (Å²) < 4.78 is 2.22. The fourth-order valence-corrected chi connectivity index (χ4v) is 3.86. The average molecular weight is 384 g/mol. The van der Waals surface area contributed by atoms with Crippen molar-refractivity contribution >= 4 is 10.9 Å². The lowest BCUT2D eigenvalue weighted by Crippen LogP contribution is -2.46. The van der Waals surface area contributed by atoms with Gasteiger partial charge < -0.3 is 10.2 Å². The fourth-order valence-electron chi connectivity index (χ4n) is 3.86. The van der Waals surface area contributed by atoms with Crippen LogP contribution < -0.4 is 4.57 Å². The Balaban J connectivity index is 0.000000145. The normalized spacial score (nSPS) is 20.0. The van der Waals surface area contributed by atoms with Gasteiger partial charge in [-0.2, -0.15) is 4.57 Å². The third-order valence-electron chi connectivity index (χ3n) is 5.94. The van der Waals surface area contributed by atoms with Crippen LogP contribution >= 0.6 is 0 Å². The molecule has 1 unspecified atom stereocenters. The standard InChI is InChI=1S/C14H15NO.C12H10O/c1-10-9-14(10,2)15-8-4-6-11-5-3-7-12(16)13(11)15;13-12-8-6-11(7-9-12)10-4-2-1-3-5-10/h3-8,10H,9H2,1-2H3;1-9,13H/p+1/t10?,14-;/m0./s1. The molecule has 1 fully saturated rings. The third-order valence-corrected chi connectivity index (χ3v) is 5.94. The second kappa shape index (κ2) is 7.59. The third kappa shape index (κ3) is 3.81. The summed E-state index contributed by atoms with van der Waals surface area (Å²) in [4.78, 5) is 0. The summed E-state index contributed by atoms with van der Waals surface area (Å²) in [6.07, 6.45) is 3.26. The lowest BCUT2D eigenvalue weighted by Gasteiger charge is -2.08. The Morgan fingerprint density at radius 2 is 1.41 bits per heavy atom. The van der Waals surface area contributed by atoms with Crippen molar-refractivity contribution in [3.63, 3.8) is 0 Å². The van der Waals surface area contributed by atoms with Gasteiger partial charge in [0.15, 0.2) is 17.5 Å². The molecular formula is C26H26NO2+. The topological polar surface area (TPSA) is 44.3 Å². The van der Waals surface area contributed by atoms with Crippen molar-refractivity contribution < 1.29 is 14.8 Å². The second-order valence-corrected chi connectivity index (χ2v) is 7.97. The zero-order chi connectivity index (χ0) is 20.4. The van der Waals surface area contributed by atoms with Crippen LogP contribution in [0.3, 0.4) is 0 Å². The molecule has 0 bridgehead atoms. The predicted molar refractivity (Wildman–Crippen MR) is 117 cm³/mol. The number of nitrogens with zero attached hydrogens (tertiary/aromatic N) is 1. The van der Waals surface area contributed by atoms with E-state index in [-0.39, 0.29) is 5.54 Å². The lowest BCUT2D eigenvalue weighted by molar-refractivity contribution is -0.714. The highest BCUT2D eigenvalue weighted by molar-refractivity contribution is 5.81. The minimum atomic E-state index is 0.179. The van der Waals surface area contributed by atoms with Crippen LogP contribution in [-0.4, -0.2) is 10.2 Å². The zero-order valence-electron chi connectivity index (χ0n) is 16.8. The summed E-state index contributed by atoms with van der Waals surface area (Å²) in [6.45, 7) is 4.51. The van der Waals surface area contributed by atoms with Gasteiger partial charge in [-0.1, -0.05) is 55.5 Å². The molecule has 3 aromatic carbocycles. The number of rotatable bonds is 2. The SMILES string of the molecule is CC1C[C@]1(C)[n+]1cccc2cccc(O)c21.Oc1ccc(-c2ccccc2)cc1. The van der Waals surface area contributed by atoms with E-state index in [1.165, 1.54) is 12.0 Å². The van der Waals surface area contributed by atoms with Crippen LogP contribution in [0.2, 0.25) is 0 Å². The highest BCUT2D eigenvalue weighted by Crippen LogP contribution is 2.46. The van der Waals surface area contributed by atoms with Gasteiger partial charge in [-0.15, -0.1) is 0 Å². The number of aromatic nitrogens is 1. The first-order valence-electron chi connectivity index (χ1n) is 9.96. The van der Waals surface area contributed by atoms with Crippen LogP contribution in [0.1, 0.15) is 20.3 Å². The summed E-state index contributed by atoms with van der Waals surface area (Å²) in [6, 6.07) is 27.1. The lowest BCUT2D eigenvalue weighted by atomic mass is 10.1. The molecule has 29 heavy (non-hydrogen) atoms. The first-order chi connectivity index (χ1) is 14.0. The van der Waals surface area contributed by atoms with E-state index in [1.54, 1.807) is 18.2 Å². The van der Waals surface area contributed by atoms with Gasteiger partial charge >= 0.3 is 0 Å². The smallest absolute Gasteiger partial charge is 0.255 e. The van der Waals surface area contributed by atoms with Crippen molar-refractivity contribution in [1.29, 1.82) is 0 Å². The number of aromatic hydroxyl groups is 2. The number of para-hydroxylation sites is 1. The van der Waals surface area contributed by atoms with Gasteiger partial charge in [0.25, 0.3) is 5.52 Å². The molecule has 1 aromatic heterocycles. The number of phenolic OH excluding ortho intramolecular Hbond substituents is 2. The molecule has 0 radical (unpaired) electrons. The largest absolute Gasteiger partial charge is 0.508 e. The zero-order valence-corrected chi connectivity index (χ0v) is 16.8. The quantitative estimate of drug-likeness (QED) is 0.439. The van der Waals surface area contributed by atoms with Gasteiger partial charge in [-0.05, 0) is 41.5 Å². The van der Waals surface area contributed by atoms with E-state index in [0.29, 0.717) is 17.4 Å². The van der Waals surface area contributed by atoms with E-state index in [2.05, 4.69) is 30.7 Å². The molecule has 4 aromatic rings. The first kappa shape index (κ1) is 19.0. The molecule has 0 aliphatic heterocycles. The van der Waals surface area contributed by atoms with E-state index in [0.717, 1.165) is 16.5 Å². The van der Waals surface area contributed by atoms with Crippen LogP contribution in [-0.2, 0) is 5.54 Å². The van der Waals surface area contributed by atoms with E-state index in [9.17, 15) is 5.11 Å². The van der Waals surface area contributed by atoms with Crippen LogP contribution in [0.25, 0.3) is 22.0 Å². The van der Waals surface area contributed by atoms with Crippen molar-refractivity contribution in [1.82, 2.24) is 0 Å². The number of fused-ring (bicyclic) bond motifs is 1. The van der Waals surface area contributed by atoms with Crippen LogP contribution in [0.4, 0.5) is 0 Å². The molecule has 0 spiro atoms. The van der Waals surface area contributed by atoms with Gasteiger partial charge in [0, 0.05) is 25.3 Å². The van der Waals surface area contributed by atoms with Crippen LogP contribution in [0.15, 0.2) is 91.1 Å². The fraction of sp³-hybridized carbons (Fsp3) is 0.192. The Bertz CT molecular complexity index is 1120. The Hall–Kier alpha value is -3.33. The monoisotopic (exact) mass is 384 g/mol. The van der Waals surface area contributed by atoms with Gasteiger partial charge in [0.2, 0.25) is 0 Å². The molecule has 1 saturated carbocycles. The minimum Gasteiger partial charge on any atom is -0.508 e. The van der Waals surface area contributed by atoms with Crippen molar-refractivity contribution in [2.45, 2.75) is 25.8 Å². The number of hydrogen-bond donors (Lipinski definition) is 2. The average Bonchev–Trinajstić information content (AvgIpc) is 3.37. The molecule has 3 nitrogen and oxygen atoms in total. The number of hydrogen-bond acceptors (Lipinski definition) is 2. The maximum Gasteiger partial charge on any atom is 0.255 e. The highest BCUT2D eigenvalue weighted by Gasteiger charge is 2.57. The molecule has 0 amide bonds.